The summed E-state index contributed by atoms with van der Waals surface area (Å²) in [6.45, 7) is 1.79. The molecule has 5 heteroatoms. The molecule has 1 fully saturated rings. The molecule has 1 aromatic carbocycles. The number of nitrogens with one attached hydrogen (secondary N) is 2. The minimum Gasteiger partial charge on any atom is -0.326 e. The number of hydrogen-bond donors (Lipinski definition) is 3. The van der Waals surface area contributed by atoms with Crippen molar-refractivity contribution in [3.05, 3.63) is 24.3 Å². The number of anilines is 2. The number of hydrogen-bond acceptors (Lipinski definition) is 3. The van der Waals surface area contributed by atoms with Gasteiger partial charge in [-0.15, -0.1) is 0 Å². The van der Waals surface area contributed by atoms with E-state index in [2.05, 4.69) is 10.6 Å². The number of carbonyl (C=O) groups is 2. The average Bonchev–Trinajstić information content (AvgIpc) is 2.36. The van der Waals surface area contributed by atoms with E-state index in [-0.39, 0.29) is 11.8 Å². The topological polar surface area (TPSA) is 84.2 Å². The summed E-state index contributed by atoms with van der Waals surface area (Å²) in [6.07, 6.45) is 2.87. The zero-order valence-corrected chi connectivity index (χ0v) is 11.0. The van der Waals surface area contributed by atoms with Gasteiger partial charge >= 0.3 is 0 Å². The van der Waals surface area contributed by atoms with Crippen molar-refractivity contribution in [1.82, 2.24) is 0 Å². The molecule has 1 saturated carbocycles. The van der Waals surface area contributed by atoms with E-state index >= 15 is 0 Å². The van der Waals surface area contributed by atoms with E-state index in [4.69, 9.17) is 5.73 Å². The van der Waals surface area contributed by atoms with Gasteiger partial charge in [-0.2, -0.15) is 0 Å². The molecule has 0 saturated heterocycles. The van der Waals surface area contributed by atoms with E-state index in [1.807, 2.05) is 0 Å². The first kappa shape index (κ1) is 13.5. The van der Waals surface area contributed by atoms with E-state index in [1.54, 1.807) is 31.2 Å². The third-order valence-corrected chi connectivity index (χ3v) is 3.42. The normalized spacial score (nSPS) is 16.3. The molecule has 0 spiro atoms. The van der Waals surface area contributed by atoms with Crippen molar-refractivity contribution in [1.29, 1.82) is 0 Å². The van der Waals surface area contributed by atoms with Gasteiger partial charge in [-0.25, -0.2) is 0 Å². The molecule has 1 aromatic rings. The standard InChI is InChI=1S/C14H19N3O2/c1-2-12(18)16-10-5-3-6-11(9-10)17-13(19)14(15)7-4-8-14/h3,5-6,9H,2,4,7-8,15H2,1H3,(H,16,18)(H,17,19). The lowest BCUT2D eigenvalue weighted by molar-refractivity contribution is -0.123. The first-order valence-corrected chi connectivity index (χ1v) is 6.54. The minimum atomic E-state index is -0.720. The van der Waals surface area contributed by atoms with Gasteiger partial charge in [-0.1, -0.05) is 13.0 Å². The van der Waals surface area contributed by atoms with Crippen LogP contribution >= 0.6 is 0 Å². The number of amides is 2. The van der Waals surface area contributed by atoms with Crippen molar-refractivity contribution in [3.8, 4) is 0 Å². The molecule has 4 N–H and O–H groups in total. The van der Waals surface area contributed by atoms with Gasteiger partial charge in [0.25, 0.3) is 0 Å². The highest BCUT2D eigenvalue weighted by atomic mass is 16.2. The lowest BCUT2D eigenvalue weighted by Crippen LogP contribution is -2.56. The quantitative estimate of drug-likeness (QED) is 0.773. The van der Waals surface area contributed by atoms with E-state index in [0.717, 1.165) is 19.3 Å². The largest absolute Gasteiger partial charge is 0.326 e. The molecule has 0 atom stereocenters. The molecule has 0 unspecified atom stereocenters. The summed E-state index contributed by atoms with van der Waals surface area (Å²) in [4.78, 5) is 23.3. The maximum atomic E-state index is 12.0. The molecule has 1 aliphatic carbocycles. The average molecular weight is 261 g/mol. The summed E-state index contributed by atoms with van der Waals surface area (Å²) in [5, 5.41) is 5.55. The van der Waals surface area contributed by atoms with Crippen molar-refractivity contribution >= 4 is 23.2 Å². The molecule has 0 aromatic heterocycles. The molecule has 1 aliphatic rings. The number of benzene rings is 1. The van der Waals surface area contributed by atoms with Crippen LogP contribution in [0.3, 0.4) is 0 Å². The van der Waals surface area contributed by atoms with Crippen molar-refractivity contribution in [3.63, 3.8) is 0 Å². The van der Waals surface area contributed by atoms with Gasteiger partial charge < -0.3 is 16.4 Å². The molecule has 0 bridgehead atoms. The fraction of sp³-hybridized carbons (Fsp3) is 0.429. The molecular weight excluding hydrogens is 242 g/mol. The first-order chi connectivity index (χ1) is 9.03. The SMILES string of the molecule is CCC(=O)Nc1cccc(NC(=O)C2(N)CCC2)c1. The Kier molecular flexibility index (Phi) is 3.85. The number of carbonyl (C=O) groups excluding carboxylic acids is 2. The van der Waals surface area contributed by atoms with Crippen molar-refractivity contribution in [2.45, 2.75) is 38.1 Å². The fourth-order valence-electron chi connectivity index (χ4n) is 1.96. The van der Waals surface area contributed by atoms with E-state index in [9.17, 15) is 9.59 Å². The second kappa shape index (κ2) is 5.40. The highest BCUT2D eigenvalue weighted by Crippen LogP contribution is 2.30. The predicted octanol–water partition coefficient (Wildman–Crippen LogP) is 1.85. The number of rotatable bonds is 4. The Hall–Kier alpha value is -1.88. The third kappa shape index (κ3) is 3.12. The lowest BCUT2D eigenvalue weighted by atomic mass is 9.77. The molecule has 0 heterocycles. The molecule has 19 heavy (non-hydrogen) atoms. The van der Waals surface area contributed by atoms with Gasteiger partial charge in [0, 0.05) is 17.8 Å². The van der Waals surface area contributed by atoms with E-state index in [0.29, 0.717) is 17.8 Å². The Balaban J connectivity index is 2.02. The second-order valence-electron chi connectivity index (χ2n) is 4.95. The van der Waals surface area contributed by atoms with Crippen LogP contribution in [0.2, 0.25) is 0 Å². The molecule has 0 radical (unpaired) electrons. The highest BCUT2D eigenvalue weighted by Gasteiger charge is 2.40. The fourth-order valence-corrected chi connectivity index (χ4v) is 1.96. The van der Waals surface area contributed by atoms with Gasteiger partial charge in [0.15, 0.2) is 0 Å². The van der Waals surface area contributed by atoms with E-state index < -0.39 is 5.54 Å². The van der Waals surface area contributed by atoms with Crippen molar-refractivity contribution in [2.24, 2.45) is 5.73 Å². The summed E-state index contributed by atoms with van der Waals surface area (Å²) in [6, 6.07) is 7.07. The molecule has 0 aliphatic heterocycles. The Labute approximate surface area is 112 Å². The Morgan fingerprint density at radius 2 is 1.89 bits per heavy atom. The highest BCUT2D eigenvalue weighted by molar-refractivity contribution is 5.99. The Morgan fingerprint density at radius 3 is 2.42 bits per heavy atom. The smallest absolute Gasteiger partial charge is 0.244 e. The van der Waals surface area contributed by atoms with Crippen LogP contribution in [0.25, 0.3) is 0 Å². The van der Waals surface area contributed by atoms with Gasteiger partial charge in [0.2, 0.25) is 11.8 Å². The lowest BCUT2D eigenvalue weighted by Gasteiger charge is -2.36. The monoisotopic (exact) mass is 261 g/mol. The maximum Gasteiger partial charge on any atom is 0.244 e. The van der Waals surface area contributed by atoms with Gasteiger partial charge in [0.05, 0.1) is 5.54 Å². The van der Waals surface area contributed by atoms with Crippen LogP contribution < -0.4 is 16.4 Å². The van der Waals surface area contributed by atoms with Crippen LogP contribution in [-0.2, 0) is 9.59 Å². The molecule has 5 nitrogen and oxygen atoms in total. The second-order valence-corrected chi connectivity index (χ2v) is 4.95. The van der Waals surface area contributed by atoms with Crippen molar-refractivity contribution < 1.29 is 9.59 Å². The van der Waals surface area contributed by atoms with Crippen LogP contribution in [0, 0.1) is 0 Å². The van der Waals surface area contributed by atoms with Crippen LogP contribution in [0.5, 0.6) is 0 Å². The number of nitrogens with two attached hydrogens (primary N) is 1. The summed E-state index contributed by atoms with van der Waals surface area (Å²) >= 11 is 0. The molecular formula is C14H19N3O2. The third-order valence-electron chi connectivity index (χ3n) is 3.42. The van der Waals surface area contributed by atoms with Gasteiger partial charge in [-0.05, 0) is 37.5 Å². The summed E-state index contributed by atoms with van der Waals surface area (Å²) in [7, 11) is 0. The zero-order chi connectivity index (χ0) is 13.9. The minimum absolute atomic E-state index is 0.0576. The molecule has 102 valence electrons. The van der Waals surface area contributed by atoms with Gasteiger partial charge in [0.1, 0.15) is 0 Å². The zero-order valence-electron chi connectivity index (χ0n) is 11.0. The van der Waals surface area contributed by atoms with Crippen LogP contribution in [0.1, 0.15) is 32.6 Å². The Bertz CT molecular complexity index is 495. The summed E-state index contributed by atoms with van der Waals surface area (Å²) in [5.41, 5.74) is 6.55. The predicted molar refractivity (Wildman–Crippen MR) is 74.8 cm³/mol. The Morgan fingerprint density at radius 1 is 1.26 bits per heavy atom. The van der Waals surface area contributed by atoms with E-state index in [1.165, 1.54) is 0 Å². The van der Waals surface area contributed by atoms with Gasteiger partial charge in [-0.3, -0.25) is 9.59 Å². The summed E-state index contributed by atoms with van der Waals surface area (Å²) < 4.78 is 0. The maximum absolute atomic E-state index is 12.0. The first-order valence-electron chi connectivity index (χ1n) is 6.54. The summed E-state index contributed by atoms with van der Waals surface area (Å²) in [5.74, 6) is -0.213. The molecule has 2 rings (SSSR count). The van der Waals surface area contributed by atoms with Crippen molar-refractivity contribution in [2.75, 3.05) is 10.6 Å². The van der Waals surface area contributed by atoms with Crippen LogP contribution in [0.15, 0.2) is 24.3 Å². The van der Waals surface area contributed by atoms with Crippen LogP contribution in [0.4, 0.5) is 11.4 Å². The molecule has 2 amide bonds. The van der Waals surface area contributed by atoms with Crippen LogP contribution in [-0.4, -0.2) is 17.4 Å².